The molecule has 0 radical (unpaired) electrons. The molecule has 0 heterocycles. The molecule has 1 fully saturated rings. The second-order valence-electron chi connectivity index (χ2n) is 9.23. The highest BCUT2D eigenvalue weighted by Crippen LogP contribution is 2.39. The highest BCUT2D eigenvalue weighted by Gasteiger charge is 2.51. The predicted octanol–water partition coefficient (Wildman–Crippen LogP) is 4.55. The van der Waals surface area contributed by atoms with E-state index in [0.29, 0.717) is 25.7 Å². The zero-order valence-electron chi connectivity index (χ0n) is 18.2. The van der Waals surface area contributed by atoms with Gasteiger partial charge in [-0.3, -0.25) is 4.79 Å². The summed E-state index contributed by atoms with van der Waals surface area (Å²) in [5.74, 6) is -1.86. The van der Waals surface area contributed by atoms with Crippen molar-refractivity contribution in [1.82, 2.24) is 5.32 Å². The van der Waals surface area contributed by atoms with Crippen LogP contribution < -0.4 is 15.7 Å². The fraction of sp³-hybridized carbons (Fsp3) is 0.458. The first-order valence-electron chi connectivity index (χ1n) is 10.7. The zero-order chi connectivity index (χ0) is 22.7. The van der Waals surface area contributed by atoms with Gasteiger partial charge < -0.3 is 9.74 Å². The van der Waals surface area contributed by atoms with Gasteiger partial charge in [-0.2, -0.15) is 13.2 Å². The van der Waals surface area contributed by atoms with E-state index in [9.17, 15) is 18.0 Å². The van der Waals surface area contributed by atoms with Gasteiger partial charge >= 0.3 is 12.1 Å². The van der Waals surface area contributed by atoms with E-state index in [2.05, 4.69) is 50.4 Å². The Labute approximate surface area is 183 Å². The van der Waals surface area contributed by atoms with Gasteiger partial charge in [-0.15, -0.1) is 0 Å². The number of hydrogen-bond acceptors (Lipinski definition) is 2. The van der Waals surface area contributed by atoms with Gasteiger partial charge in [0.2, 0.25) is 0 Å². The van der Waals surface area contributed by atoms with Crippen molar-refractivity contribution in [2.45, 2.75) is 69.8 Å². The summed E-state index contributed by atoms with van der Waals surface area (Å²) in [7, 11) is -2.69. The molecule has 3 rings (SSSR count). The summed E-state index contributed by atoms with van der Waals surface area (Å²) in [5.41, 5.74) is 0. The number of hydrogen-bond donors (Lipinski definition) is 1. The molecule has 7 heteroatoms. The maximum absolute atomic E-state index is 12.6. The Morgan fingerprint density at radius 1 is 0.871 bits per heavy atom. The second-order valence-corrected chi connectivity index (χ2v) is 13.5. The van der Waals surface area contributed by atoms with Crippen LogP contribution in [0.25, 0.3) is 0 Å². The molecule has 1 aliphatic carbocycles. The lowest BCUT2D eigenvalue weighted by molar-refractivity contribution is -0.174. The monoisotopic (exact) mass is 449 g/mol. The third kappa shape index (κ3) is 5.21. The Hall–Kier alpha value is -2.12. The normalized spacial score (nSPS) is 20.3. The molecule has 1 amide bonds. The Morgan fingerprint density at radius 3 is 1.71 bits per heavy atom. The van der Waals surface area contributed by atoms with Gasteiger partial charge in [-0.05, 0) is 41.1 Å². The van der Waals surface area contributed by atoms with Crippen LogP contribution in [0.15, 0.2) is 60.7 Å². The number of nitrogens with one attached hydrogen (secondary N) is 1. The summed E-state index contributed by atoms with van der Waals surface area (Å²) in [6.07, 6.45) is -2.72. The number of carbonyl (C=O) groups is 1. The predicted molar refractivity (Wildman–Crippen MR) is 119 cm³/mol. The first kappa shape index (κ1) is 23.5. The fourth-order valence-electron chi connectivity index (χ4n) is 4.53. The summed E-state index contributed by atoms with van der Waals surface area (Å²) in [6.45, 7) is 6.61. The molecule has 1 aliphatic rings. The first-order valence-corrected chi connectivity index (χ1v) is 12.6. The lowest BCUT2D eigenvalue weighted by Crippen LogP contribution is -2.68. The second kappa shape index (κ2) is 9.16. The standard InChI is InChI=1S/C24H30F3NO2Si/c1-23(2,3)31(20-10-6-4-7-11-20,21-12-8-5-9-13-21)30-19-16-14-18(15-17-19)28-22(29)24(25,26)27/h4-13,18-19H,14-17H2,1-3H3,(H,28,29)/t18-,19-. The van der Waals surface area contributed by atoms with Gasteiger partial charge in [0.05, 0.1) is 0 Å². The maximum atomic E-state index is 12.6. The van der Waals surface area contributed by atoms with Crippen molar-refractivity contribution >= 4 is 24.6 Å². The summed E-state index contributed by atoms with van der Waals surface area (Å²) >= 11 is 0. The van der Waals surface area contributed by atoms with Crippen LogP contribution in [0.5, 0.6) is 0 Å². The minimum atomic E-state index is -4.84. The van der Waals surface area contributed by atoms with Crippen LogP contribution in [-0.2, 0) is 9.22 Å². The number of carbonyl (C=O) groups excluding carboxylic acids is 1. The number of benzene rings is 2. The van der Waals surface area contributed by atoms with Crippen molar-refractivity contribution in [2.75, 3.05) is 0 Å². The molecule has 0 spiro atoms. The zero-order valence-corrected chi connectivity index (χ0v) is 19.2. The van der Waals surface area contributed by atoms with E-state index in [1.165, 1.54) is 10.4 Å². The van der Waals surface area contributed by atoms with Crippen LogP contribution in [-0.4, -0.2) is 32.5 Å². The van der Waals surface area contributed by atoms with Crippen LogP contribution in [0.4, 0.5) is 13.2 Å². The molecule has 0 atom stereocenters. The molecular weight excluding hydrogens is 419 g/mol. The van der Waals surface area contributed by atoms with Crippen LogP contribution in [0.1, 0.15) is 46.5 Å². The van der Waals surface area contributed by atoms with Crippen molar-refractivity contribution in [3.8, 4) is 0 Å². The van der Waals surface area contributed by atoms with E-state index >= 15 is 0 Å². The van der Waals surface area contributed by atoms with E-state index in [1.54, 1.807) is 0 Å². The summed E-state index contributed by atoms with van der Waals surface area (Å²) in [4.78, 5) is 11.3. The van der Waals surface area contributed by atoms with Gasteiger partial charge in [0.1, 0.15) is 0 Å². The Balaban J connectivity index is 1.85. The Kier molecular flexibility index (Phi) is 6.96. The number of halogens is 3. The number of rotatable bonds is 5. The van der Waals surface area contributed by atoms with Crippen molar-refractivity contribution in [3.05, 3.63) is 60.7 Å². The summed E-state index contributed by atoms with van der Waals surface area (Å²) in [5, 5.41) is 4.34. The van der Waals surface area contributed by atoms with Gasteiger partial charge in [0.25, 0.3) is 8.32 Å². The van der Waals surface area contributed by atoms with Crippen LogP contribution in [0.2, 0.25) is 5.04 Å². The topological polar surface area (TPSA) is 38.3 Å². The molecule has 31 heavy (non-hydrogen) atoms. The van der Waals surface area contributed by atoms with Crippen molar-refractivity contribution < 1.29 is 22.4 Å². The number of amides is 1. The van der Waals surface area contributed by atoms with Crippen LogP contribution >= 0.6 is 0 Å². The van der Waals surface area contributed by atoms with Gasteiger partial charge in [0, 0.05) is 12.1 Å². The fourth-order valence-corrected chi connectivity index (χ4v) is 9.28. The van der Waals surface area contributed by atoms with Crippen LogP contribution in [0, 0.1) is 0 Å². The largest absolute Gasteiger partial charge is 0.471 e. The third-order valence-corrected chi connectivity index (χ3v) is 11.1. The molecule has 0 aliphatic heterocycles. The van der Waals surface area contributed by atoms with E-state index < -0.39 is 26.4 Å². The molecule has 0 bridgehead atoms. The molecule has 168 valence electrons. The van der Waals surface area contributed by atoms with Gasteiger partial charge in [-0.1, -0.05) is 81.4 Å². The Morgan fingerprint density at radius 2 is 1.32 bits per heavy atom. The van der Waals surface area contributed by atoms with Crippen molar-refractivity contribution in [2.24, 2.45) is 0 Å². The lowest BCUT2D eigenvalue weighted by Gasteiger charge is -2.46. The van der Waals surface area contributed by atoms with E-state index in [0.717, 1.165) is 0 Å². The average molecular weight is 450 g/mol. The van der Waals surface area contributed by atoms with Gasteiger partial charge in [0.15, 0.2) is 0 Å². The minimum absolute atomic E-state index is 0.0645. The molecule has 0 unspecified atom stereocenters. The highest BCUT2D eigenvalue weighted by molar-refractivity contribution is 6.99. The van der Waals surface area contributed by atoms with Crippen LogP contribution in [0.3, 0.4) is 0 Å². The smallest absolute Gasteiger partial charge is 0.404 e. The van der Waals surface area contributed by atoms with Crippen molar-refractivity contribution in [3.63, 3.8) is 0 Å². The molecular formula is C24H30F3NO2Si. The SMILES string of the molecule is CC(C)(C)[Si](O[C@H]1CC[C@H](NC(=O)C(F)(F)F)CC1)(c1ccccc1)c1ccccc1. The molecule has 2 aromatic rings. The molecule has 3 nitrogen and oxygen atoms in total. The molecule has 1 N–H and O–H groups in total. The molecule has 0 saturated heterocycles. The minimum Gasteiger partial charge on any atom is -0.404 e. The molecule has 1 saturated carbocycles. The summed E-state index contributed by atoms with van der Waals surface area (Å²) < 4.78 is 44.8. The Bertz CT molecular complexity index is 818. The van der Waals surface area contributed by atoms with E-state index in [4.69, 9.17) is 4.43 Å². The summed E-state index contributed by atoms with van der Waals surface area (Å²) in [6, 6.07) is 20.1. The van der Waals surface area contributed by atoms with E-state index in [-0.39, 0.29) is 11.1 Å². The van der Waals surface area contributed by atoms with Gasteiger partial charge in [-0.25, -0.2) is 0 Å². The maximum Gasteiger partial charge on any atom is 0.471 e. The molecule has 2 aromatic carbocycles. The van der Waals surface area contributed by atoms with Crippen molar-refractivity contribution in [1.29, 1.82) is 0 Å². The lowest BCUT2D eigenvalue weighted by atomic mass is 9.93. The quantitative estimate of drug-likeness (QED) is 0.680. The number of alkyl halides is 3. The molecule has 0 aromatic heterocycles. The first-order chi connectivity index (χ1) is 14.5. The highest BCUT2D eigenvalue weighted by atomic mass is 28.4. The average Bonchev–Trinajstić information content (AvgIpc) is 2.73. The van der Waals surface area contributed by atoms with E-state index in [1.807, 2.05) is 36.4 Å². The third-order valence-electron chi connectivity index (χ3n) is 6.03.